The highest BCUT2D eigenvalue weighted by Gasteiger charge is 2.13. The lowest BCUT2D eigenvalue weighted by Crippen LogP contribution is -2.11. The molecule has 0 spiro atoms. The summed E-state index contributed by atoms with van der Waals surface area (Å²) in [4.78, 5) is 18.1. The van der Waals surface area contributed by atoms with E-state index in [1.54, 1.807) is 24.9 Å². The van der Waals surface area contributed by atoms with E-state index in [-0.39, 0.29) is 5.91 Å². The van der Waals surface area contributed by atoms with Gasteiger partial charge in [-0.15, -0.1) is 23.1 Å². The van der Waals surface area contributed by atoms with Crippen molar-refractivity contribution in [2.75, 3.05) is 18.2 Å². The van der Waals surface area contributed by atoms with Crippen molar-refractivity contribution in [2.24, 2.45) is 0 Å². The van der Waals surface area contributed by atoms with Crippen molar-refractivity contribution in [1.29, 1.82) is 0 Å². The molecule has 28 heavy (non-hydrogen) atoms. The molecule has 0 radical (unpaired) electrons. The van der Waals surface area contributed by atoms with Gasteiger partial charge < -0.3 is 9.15 Å². The van der Waals surface area contributed by atoms with Crippen molar-refractivity contribution in [3.63, 3.8) is 0 Å². The van der Waals surface area contributed by atoms with E-state index >= 15 is 0 Å². The summed E-state index contributed by atoms with van der Waals surface area (Å²) in [6.07, 6.45) is 0. The van der Waals surface area contributed by atoms with Crippen molar-refractivity contribution < 1.29 is 13.9 Å². The summed E-state index contributed by atoms with van der Waals surface area (Å²) >= 11 is 3.07. The van der Waals surface area contributed by atoms with Gasteiger partial charge in [-0.05, 0) is 42.2 Å². The quantitative estimate of drug-likeness (QED) is 0.399. The molecule has 0 saturated carbocycles. The molecule has 0 saturated heterocycles. The molecule has 0 atom stereocenters. The van der Waals surface area contributed by atoms with Crippen LogP contribution in [0.2, 0.25) is 0 Å². The lowest BCUT2D eigenvalue weighted by Gasteiger charge is -2.04. The Morgan fingerprint density at radius 3 is 2.96 bits per heavy atom. The Hall–Kier alpha value is -2.77. The van der Waals surface area contributed by atoms with Crippen molar-refractivity contribution in [2.45, 2.75) is 11.8 Å². The Kier molecular flexibility index (Phi) is 5.36. The summed E-state index contributed by atoms with van der Waals surface area (Å²) < 4.78 is 11.1. The Bertz CT molecular complexity index is 1130. The molecular formula is C21H18N2O3S2. The Morgan fingerprint density at radius 1 is 1.25 bits per heavy atom. The zero-order valence-corrected chi connectivity index (χ0v) is 17.0. The average molecular weight is 411 g/mol. The number of benzene rings is 2. The third-order valence-corrected chi connectivity index (χ3v) is 5.75. The molecule has 2 aromatic heterocycles. The van der Waals surface area contributed by atoms with Gasteiger partial charge in [0, 0.05) is 27.3 Å². The number of hydrogen-bond acceptors (Lipinski definition) is 6. The van der Waals surface area contributed by atoms with Gasteiger partial charge in [0.15, 0.2) is 10.9 Å². The molecule has 0 aliphatic heterocycles. The van der Waals surface area contributed by atoms with Crippen molar-refractivity contribution >= 4 is 45.1 Å². The van der Waals surface area contributed by atoms with Crippen LogP contribution < -0.4 is 10.1 Å². The van der Waals surface area contributed by atoms with Gasteiger partial charge >= 0.3 is 0 Å². The van der Waals surface area contributed by atoms with Crippen LogP contribution in [0.5, 0.6) is 5.75 Å². The number of ether oxygens (including phenoxy) is 1. The fourth-order valence-corrected chi connectivity index (χ4v) is 4.19. The molecule has 0 bridgehead atoms. The third-order valence-electron chi connectivity index (χ3n) is 4.11. The summed E-state index contributed by atoms with van der Waals surface area (Å²) in [6.45, 7) is 2.09. The first-order valence-electron chi connectivity index (χ1n) is 8.74. The Balaban J connectivity index is 1.53. The van der Waals surface area contributed by atoms with Gasteiger partial charge in [-0.3, -0.25) is 10.1 Å². The largest absolute Gasteiger partial charge is 0.497 e. The van der Waals surface area contributed by atoms with Gasteiger partial charge in [0.25, 0.3) is 5.91 Å². The molecule has 142 valence electrons. The number of thioether (sulfide) groups is 1. The number of rotatable bonds is 6. The Labute approximate surface area is 170 Å². The van der Waals surface area contributed by atoms with Crippen LogP contribution in [0.15, 0.2) is 63.2 Å². The highest BCUT2D eigenvalue weighted by molar-refractivity contribution is 7.99. The molecule has 0 fully saturated rings. The number of nitrogens with zero attached hydrogens (tertiary/aromatic N) is 1. The molecular weight excluding hydrogens is 392 g/mol. The Morgan fingerprint density at radius 2 is 2.14 bits per heavy atom. The first kappa shape index (κ1) is 18.6. The van der Waals surface area contributed by atoms with Crippen LogP contribution in [-0.2, 0) is 0 Å². The molecule has 5 nitrogen and oxygen atoms in total. The summed E-state index contributed by atoms with van der Waals surface area (Å²) in [5.41, 5.74) is 2.04. The second kappa shape index (κ2) is 8.08. The first-order chi connectivity index (χ1) is 13.7. The molecule has 0 aliphatic rings. The van der Waals surface area contributed by atoms with E-state index in [9.17, 15) is 4.79 Å². The first-order valence-corrected chi connectivity index (χ1v) is 10.6. The zero-order valence-electron chi connectivity index (χ0n) is 15.4. The number of aromatic nitrogens is 1. The maximum atomic E-state index is 12.5. The molecule has 1 amide bonds. The number of fused-ring (bicyclic) bond motifs is 1. The number of anilines is 1. The van der Waals surface area contributed by atoms with E-state index in [0.717, 1.165) is 27.4 Å². The summed E-state index contributed by atoms with van der Waals surface area (Å²) in [5, 5.41) is 6.24. The number of furan rings is 1. The molecule has 2 aromatic carbocycles. The lowest BCUT2D eigenvalue weighted by atomic mass is 10.2. The van der Waals surface area contributed by atoms with Gasteiger partial charge in [-0.2, -0.15) is 0 Å². The summed E-state index contributed by atoms with van der Waals surface area (Å²) in [6, 6.07) is 15.2. The van der Waals surface area contributed by atoms with E-state index < -0.39 is 0 Å². The zero-order chi connectivity index (χ0) is 19.5. The smallest absolute Gasteiger partial charge is 0.257 e. The molecule has 2 heterocycles. The van der Waals surface area contributed by atoms with E-state index in [4.69, 9.17) is 9.15 Å². The highest BCUT2D eigenvalue weighted by atomic mass is 32.2. The van der Waals surface area contributed by atoms with E-state index in [1.165, 1.54) is 11.3 Å². The van der Waals surface area contributed by atoms with Crippen molar-refractivity contribution in [1.82, 2.24) is 4.98 Å². The number of carbonyl (C=O) groups is 1. The van der Waals surface area contributed by atoms with Crippen LogP contribution in [0.1, 0.15) is 17.3 Å². The standard InChI is InChI=1S/C21H18N2O3S2/c1-3-27-16-6-4-5-14(9-16)20(24)23-21-22-17(12-28-21)19-10-13-7-8-15(25-2)11-18(13)26-19/h4-12H,3H2,1-2H3,(H,22,23,24). The highest BCUT2D eigenvalue weighted by Crippen LogP contribution is 2.32. The van der Waals surface area contributed by atoms with Crippen LogP contribution in [0.4, 0.5) is 5.13 Å². The molecule has 7 heteroatoms. The number of hydrogen-bond donors (Lipinski definition) is 1. The number of thiazole rings is 1. The van der Waals surface area contributed by atoms with Crippen molar-refractivity contribution in [3.8, 4) is 17.2 Å². The second-order valence-electron chi connectivity index (χ2n) is 5.97. The SMILES string of the molecule is CCSc1cccc(C(=O)Nc2nc(-c3cc4ccc(OC)cc4o3)cs2)c1. The second-order valence-corrected chi connectivity index (χ2v) is 8.16. The van der Waals surface area contributed by atoms with Crippen LogP contribution >= 0.6 is 23.1 Å². The van der Waals surface area contributed by atoms with Gasteiger partial charge in [-0.25, -0.2) is 4.98 Å². The molecule has 0 unspecified atom stereocenters. The van der Waals surface area contributed by atoms with Gasteiger partial charge in [0.05, 0.1) is 7.11 Å². The van der Waals surface area contributed by atoms with Crippen LogP contribution in [-0.4, -0.2) is 23.8 Å². The maximum Gasteiger partial charge on any atom is 0.257 e. The minimum absolute atomic E-state index is 0.172. The monoisotopic (exact) mass is 410 g/mol. The fourth-order valence-electron chi connectivity index (χ4n) is 2.77. The van der Waals surface area contributed by atoms with Crippen LogP contribution in [0.25, 0.3) is 22.4 Å². The number of amides is 1. The van der Waals surface area contributed by atoms with Crippen LogP contribution in [0, 0.1) is 0 Å². The van der Waals surface area contributed by atoms with E-state index in [1.807, 2.05) is 47.8 Å². The fraction of sp³-hybridized carbons (Fsp3) is 0.143. The average Bonchev–Trinajstić information content (AvgIpc) is 3.34. The summed E-state index contributed by atoms with van der Waals surface area (Å²) in [5.74, 6) is 2.18. The molecule has 0 aliphatic carbocycles. The minimum atomic E-state index is -0.172. The van der Waals surface area contributed by atoms with Crippen molar-refractivity contribution in [3.05, 3.63) is 59.5 Å². The topological polar surface area (TPSA) is 64.4 Å². The molecule has 1 N–H and O–H groups in total. The lowest BCUT2D eigenvalue weighted by molar-refractivity contribution is 0.102. The van der Waals surface area contributed by atoms with Gasteiger partial charge in [0.2, 0.25) is 0 Å². The summed E-state index contributed by atoms with van der Waals surface area (Å²) in [7, 11) is 1.62. The minimum Gasteiger partial charge on any atom is -0.497 e. The molecule has 4 aromatic rings. The normalized spacial score (nSPS) is 10.9. The predicted octanol–water partition coefficient (Wildman–Crippen LogP) is 5.93. The van der Waals surface area contributed by atoms with Crippen LogP contribution in [0.3, 0.4) is 0 Å². The van der Waals surface area contributed by atoms with Gasteiger partial charge in [-0.1, -0.05) is 13.0 Å². The van der Waals surface area contributed by atoms with Gasteiger partial charge in [0.1, 0.15) is 17.0 Å². The maximum absolute atomic E-state index is 12.5. The number of carbonyl (C=O) groups excluding carboxylic acids is 1. The van der Waals surface area contributed by atoms with E-state index in [0.29, 0.717) is 22.1 Å². The van der Waals surface area contributed by atoms with E-state index in [2.05, 4.69) is 17.2 Å². The number of methoxy groups -OCH3 is 1. The molecule has 4 rings (SSSR count). The predicted molar refractivity (Wildman–Crippen MR) is 115 cm³/mol. The third kappa shape index (κ3) is 3.90. The number of nitrogens with one attached hydrogen (secondary N) is 1.